The van der Waals surface area contributed by atoms with E-state index in [0.717, 1.165) is 0 Å². The third-order valence-electron chi connectivity index (χ3n) is 0.975. The van der Waals surface area contributed by atoms with Crippen LogP contribution in [0.3, 0.4) is 0 Å². The van der Waals surface area contributed by atoms with Gasteiger partial charge in [0.15, 0.2) is 0 Å². The van der Waals surface area contributed by atoms with E-state index in [4.69, 9.17) is 0 Å². The van der Waals surface area contributed by atoms with Crippen molar-refractivity contribution >= 4 is 5.91 Å². The van der Waals surface area contributed by atoms with E-state index in [1.54, 1.807) is 7.05 Å². The first-order valence-corrected chi connectivity index (χ1v) is 3.00. The molecule has 0 atom stereocenters. The number of hydrogen-bond donors (Lipinski definition) is 1. The standard InChI is InChI=1S/C7H13NO/c1-6(2)4-5-7(9)8-3/h4H,5H2,1-3H3,(H,8,9). The highest BCUT2D eigenvalue weighted by Gasteiger charge is 1.90. The van der Waals surface area contributed by atoms with E-state index in [1.165, 1.54) is 5.57 Å². The van der Waals surface area contributed by atoms with E-state index in [2.05, 4.69) is 5.32 Å². The molecule has 0 aromatic rings. The van der Waals surface area contributed by atoms with Crippen LogP contribution < -0.4 is 5.32 Å². The van der Waals surface area contributed by atoms with E-state index in [-0.39, 0.29) is 5.91 Å². The van der Waals surface area contributed by atoms with Crippen LogP contribution in [0.15, 0.2) is 11.6 Å². The van der Waals surface area contributed by atoms with Gasteiger partial charge in [-0.3, -0.25) is 4.79 Å². The molecule has 0 fully saturated rings. The molecule has 0 saturated heterocycles. The van der Waals surface area contributed by atoms with Crippen molar-refractivity contribution in [3.8, 4) is 0 Å². The van der Waals surface area contributed by atoms with Crippen LogP contribution in [0, 0.1) is 0 Å². The topological polar surface area (TPSA) is 29.1 Å². The second-order valence-corrected chi connectivity index (χ2v) is 2.16. The highest BCUT2D eigenvalue weighted by atomic mass is 16.1. The third kappa shape index (κ3) is 5.07. The van der Waals surface area contributed by atoms with Crippen molar-refractivity contribution < 1.29 is 4.79 Å². The molecule has 2 heteroatoms. The molecule has 52 valence electrons. The van der Waals surface area contributed by atoms with Crippen LogP contribution >= 0.6 is 0 Å². The molecule has 0 saturated carbocycles. The maximum atomic E-state index is 10.6. The fourth-order valence-corrected chi connectivity index (χ4v) is 0.399. The van der Waals surface area contributed by atoms with E-state index in [1.807, 2.05) is 19.9 Å². The molecular weight excluding hydrogens is 114 g/mol. The van der Waals surface area contributed by atoms with Gasteiger partial charge in [0.05, 0.1) is 0 Å². The monoisotopic (exact) mass is 127 g/mol. The van der Waals surface area contributed by atoms with E-state index in [9.17, 15) is 4.79 Å². The minimum Gasteiger partial charge on any atom is -0.359 e. The Morgan fingerprint density at radius 3 is 2.44 bits per heavy atom. The largest absolute Gasteiger partial charge is 0.359 e. The lowest BCUT2D eigenvalue weighted by Gasteiger charge is -1.92. The highest BCUT2D eigenvalue weighted by Crippen LogP contribution is 1.91. The molecule has 9 heavy (non-hydrogen) atoms. The minimum absolute atomic E-state index is 0.0659. The van der Waals surface area contributed by atoms with Gasteiger partial charge in [0.2, 0.25) is 5.91 Å². The molecule has 0 heterocycles. The summed E-state index contributed by atoms with van der Waals surface area (Å²) in [6.07, 6.45) is 2.40. The molecule has 2 nitrogen and oxygen atoms in total. The second kappa shape index (κ2) is 4.13. The van der Waals surface area contributed by atoms with Gasteiger partial charge < -0.3 is 5.32 Å². The number of rotatable bonds is 2. The lowest BCUT2D eigenvalue weighted by molar-refractivity contribution is -0.119. The van der Waals surface area contributed by atoms with Gasteiger partial charge in [-0.1, -0.05) is 11.6 Å². The second-order valence-electron chi connectivity index (χ2n) is 2.16. The fraction of sp³-hybridized carbons (Fsp3) is 0.571. The lowest BCUT2D eigenvalue weighted by atomic mass is 10.2. The lowest BCUT2D eigenvalue weighted by Crippen LogP contribution is -2.16. The predicted octanol–water partition coefficient (Wildman–Crippen LogP) is 1.09. The Balaban J connectivity index is 3.50. The first kappa shape index (κ1) is 8.21. The Labute approximate surface area is 56.0 Å². The summed E-state index contributed by atoms with van der Waals surface area (Å²) in [4.78, 5) is 10.6. The summed E-state index contributed by atoms with van der Waals surface area (Å²) >= 11 is 0. The van der Waals surface area contributed by atoms with Crippen molar-refractivity contribution in [2.75, 3.05) is 7.05 Å². The maximum Gasteiger partial charge on any atom is 0.223 e. The number of carbonyl (C=O) groups excluding carboxylic acids is 1. The van der Waals surface area contributed by atoms with Gasteiger partial charge in [0, 0.05) is 13.5 Å². The molecule has 0 aromatic carbocycles. The zero-order valence-electron chi connectivity index (χ0n) is 6.19. The van der Waals surface area contributed by atoms with Gasteiger partial charge in [-0.05, 0) is 13.8 Å². The van der Waals surface area contributed by atoms with Crippen LogP contribution in [0.5, 0.6) is 0 Å². The van der Waals surface area contributed by atoms with Crippen LogP contribution in [0.1, 0.15) is 20.3 Å². The molecule has 0 bridgehead atoms. The molecular formula is C7H13NO. The summed E-state index contributed by atoms with van der Waals surface area (Å²) in [5.74, 6) is 0.0659. The summed E-state index contributed by atoms with van der Waals surface area (Å²) in [5.41, 5.74) is 1.18. The van der Waals surface area contributed by atoms with Gasteiger partial charge in [0.1, 0.15) is 0 Å². The summed E-state index contributed by atoms with van der Waals surface area (Å²) in [5, 5.41) is 2.54. The molecule has 0 unspecified atom stereocenters. The van der Waals surface area contributed by atoms with Gasteiger partial charge >= 0.3 is 0 Å². The van der Waals surface area contributed by atoms with Crippen molar-refractivity contribution in [2.24, 2.45) is 0 Å². The number of hydrogen-bond acceptors (Lipinski definition) is 1. The average Bonchev–Trinajstić information content (AvgIpc) is 1.83. The normalized spacial score (nSPS) is 8.33. The molecule has 1 amide bonds. The van der Waals surface area contributed by atoms with Crippen molar-refractivity contribution in [2.45, 2.75) is 20.3 Å². The number of carbonyl (C=O) groups is 1. The van der Waals surface area contributed by atoms with Crippen LogP contribution in [-0.2, 0) is 4.79 Å². The van der Waals surface area contributed by atoms with Crippen molar-refractivity contribution in [3.05, 3.63) is 11.6 Å². The molecule has 1 N–H and O–H groups in total. The van der Waals surface area contributed by atoms with Crippen molar-refractivity contribution in [3.63, 3.8) is 0 Å². The molecule has 0 aliphatic rings. The fourth-order valence-electron chi connectivity index (χ4n) is 0.399. The quantitative estimate of drug-likeness (QED) is 0.553. The Bertz CT molecular complexity index is 123. The Morgan fingerprint density at radius 1 is 1.56 bits per heavy atom. The summed E-state index contributed by atoms with van der Waals surface area (Å²) in [6.45, 7) is 3.95. The molecule has 0 radical (unpaired) electrons. The predicted molar refractivity (Wildman–Crippen MR) is 38.1 cm³/mol. The van der Waals surface area contributed by atoms with Crippen LogP contribution in [0.4, 0.5) is 0 Å². The zero-order chi connectivity index (χ0) is 7.28. The summed E-state index contributed by atoms with van der Waals surface area (Å²) in [6, 6.07) is 0. The zero-order valence-corrected chi connectivity index (χ0v) is 6.19. The van der Waals surface area contributed by atoms with Crippen molar-refractivity contribution in [1.29, 1.82) is 0 Å². The first-order valence-electron chi connectivity index (χ1n) is 3.00. The molecule has 0 aromatic heterocycles. The van der Waals surface area contributed by atoms with E-state index >= 15 is 0 Å². The van der Waals surface area contributed by atoms with E-state index < -0.39 is 0 Å². The number of allylic oxidation sites excluding steroid dienone is 1. The molecule has 0 aliphatic heterocycles. The summed E-state index contributed by atoms with van der Waals surface area (Å²) < 4.78 is 0. The smallest absolute Gasteiger partial charge is 0.223 e. The Morgan fingerprint density at radius 2 is 2.11 bits per heavy atom. The van der Waals surface area contributed by atoms with Gasteiger partial charge in [-0.15, -0.1) is 0 Å². The molecule has 0 spiro atoms. The first-order chi connectivity index (χ1) is 4.16. The number of nitrogens with one attached hydrogen (secondary N) is 1. The molecule has 0 rings (SSSR count). The highest BCUT2D eigenvalue weighted by molar-refractivity contribution is 5.77. The third-order valence-corrected chi connectivity index (χ3v) is 0.975. The van der Waals surface area contributed by atoms with Gasteiger partial charge in [0.25, 0.3) is 0 Å². The van der Waals surface area contributed by atoms with Crippen molar-refractivity contribution in [1.82, 2.24) is 5.32 Å². The van der Waals surface area contributed by atoms with Crippen LogP contribution in [0.25, 0.3) is 0 Å². The van der Waals surface area contributed by atoms with Crippen LogP contribution in [0.2, 0.25) is 0 Å². The SMILES string of the molecule is CNC(=O)CC=C(C)C. The van der Waals surface area contributed by atoms with Gasteiger partial charge in [-0.2, -0.15) is 0 Å². The number of amides is 1. The minimum atomic E-state index is 0.0659. The Hall–Kier alpha value is -0.790. The maximum absolute atomic E-state index is 10.6. The van der Waals surface area contributed by atoms with Gasteiger partial charge in [-0.25, -0.2) is 0 Å². The van der Waals surface area contributed by atoms with E-state index in [0.29, 0.717) is 6.42 Å². The Kier molecular flexibility index (Phi) is 3.76. The summed E-state index contributed by atoms with van der Waals surface area (Å²) in [7, 11) is 1.64. The molecule has 0 aliphatic carbocycles. The average molecular weight is 127 g/mol. The van der Waals surface area contributed by atoms with Crippen LogP contribution in [-0.4, -0.2) is 13.0 Å².